The number of allylic oxidation sites excluding steroid dienone is 6. The zero-order chi connectivity index (χ0) is 33.1. The molecule has 1 saturated heterocycles. The average Bonchev–Trinajstić information content (AvgIpc) is 3.03. The average molecular weight is 641 g/mol. The van der Waals surface area contributed by atoms with Crippen LogP contribution in [0.4, 0.5) is 0 Å². The zero-order valence-electron chi connectivity index (χ0n) is 27.6. The molecule has 1 heterocycles. The van der Waals surface area contributed by atoms with Gasteiger partial charge >= 0.3 is 11.9 Å². The maximum Gasteiger partial charge on any atom is 0.306 e. The minimum absolute atomic E-state index is 0.217. The number of rotatable bonds is 26. The minimum atomic E-state index is -1.59. The summed E-state index contributed by atoms with van der Waals surface area (Å²) >= 11 is 0. The van der Waals surface area contributed by atoms with Crippen molar-refractivity contribution in [2.24, 2.45) is 0 Å². The second-order valence-electron chi connectivity index (χ2n) is 11.6. The van der Waals surface area contributed by atoms with Crippen molar-refractivity contribution < 1.29 is 49.0 Å². The van der Waals surface area contributed by atoms with Crippen molar-refractivity contribution >= 4 is 11.9 Å². The van der Waals surface area contributed by atoms with Gasteiger partial charge in [-0.1, -0.05) is 95.2 Å². The topological polar surface area (TPSA) is 152 Å². The second-order valence-corrected chi connectivity index (χ2v) is 11.6. The molecule has 0 radical (unpaired) electrons. The van der Waals surface area contributed by atoms with E-state index in [0.717, 1.165) is 57.8 Å². The van der Waals surface area contributed by atoms with E-state index >= 15 is 0 Å². The van der Waals surface area contributed by atoms with E-state index in [0.29, 0.717) is 12.8 Å². The highest BCUT2D eigenvalue weighted by atomic mass is 16.7. The normalized spacial score (nSPS) is 22.8. The molecule has 0 aliphatic carbocycles. The highest BCUT2D eigenvalue weighted by molar-refractivity contribution is 5.70. The third-order valence-corrected chi connectivity index (χ3v) is 7.54. The lowest BCUT2D eigenvalue weighted by Gasteiger charge is -2.39. The predicted molar refractivity (Wildman–Crippen MR) is 173 cm³/mol. The summed E-state index contributed by atoms with van der Waals surface area (Å²) in [6.07, 6.45) is 19.6. The fraction of sp³-hybridized carbons (Fsp3) is 0.771. The van der Waals surface area contributed by atoms with Crippen molar-refractivity contribution in [1.82, 2.24) is 0 Å². The van der Waals surface area contributed by atoms with Crippen LogP contribution in [0, 0.1) is 0 Å². The minimum Gasteiger partial charge on any atom is -0.462 e. The molecule has 0 aromatic carbocycles. The highest BCUT2D eigenvalue weighted by Crippen LogP contribution is 2.22. The van der Waals surface area contributed by atoms with Crippen LogP contribution in [0.2, 0.25) is 0 Å². The van der Waals surface area contributed by atoms with Gasteiger partial charge in [0.25, 0.3) is 0 Å². The lowest BCUT2D eigenvalue weighted by molar-refractivity contribution is -0.305. The van der Waals surface area contributed by atoms with Gasteiger partial charge in [-0.15, -0.1) is 0 Å². The number of esters is 2. The molecule has 6 atom stereocenters. The Bertz CT molecular complexity index is 840. The summed E-state index contributed by atoms with van der Waals surface area (Å²) in [4.78, 5) is 24.7. The van der Waals surface area contributed by atoms with Gasteiger partial charge in [0.2, 0.25) is 0 Å². The van der Waals surface area contributed by atoms with Crippen LogP contribution < -0.4 is 0 Å². The Labute approximate surface area is 270 Å². The molecular formula is C35H60O10. The molecule has 10 nitrogen and oxygen atoms in total. The summed E-state index contributed by atoms with van der Waals surface area (Å²) in [5.41, 5.74) is 0. The van der Waals surface area contributed by atoms with Crippen LogP contribution in [-0.4, -0.2) is 89.0 Å². The number of ether oxygens (including phenoxy) is 4. The fourth-order valence-electron chi connectivity index (χ4n) is 4.79. The molecule has 6 unspecified atom stereocenters. The van der Waals surface area contributed by atoms with E-state index in [-0.39, 0.29) is 26.1 Å². The van der Waals surface area contributed by atoms with E-state index < -0.39 is 55.4 Å². The number of aliphatic hydroxyl groups excluding tert-OH is 4. The van der Waals surface area contributed by atoms with Crippen LogP contribution in [0.5, 0.6) is 0 Å². The van der Waals surface area contributed by atoms with Gasteiger partial charge in [-0.05, 0) is 44.9 Å². The lowest BCUT2D eigenvalue weighted by Crippen LogP contribution is -2.59. The number of carbonyl (C=O) groups is 2. The zero-order valence-corrected chi connectivity index (χ0v) is 27.6. The molecule has 0 bridgehead atoms. The summed E-state index contributed by atoms with van der Waals surface area (Å²) in [6, 6.07) is 0. The Morgan fingerprint density at radius 1 is 0.711 bits per heavy atom. The van der Waals surface area contributed by atoms with Gasteiger partial charge < -0.3 is 39.4 Å². The first-order valence-corrected chi connectivity index (χ1v) is 17.1. The Morgan fingerprint density at radius 2 is 1.31 bits per heavy atom. The van der Waals surface area contributed by atoms with E-state index in [4.69, 9.17) is 18.9 Å². The molecule has 45 heavy (non-hydrogen) atoms. The van der Waals surface area contributed by atoms with Crippen LogP contribution in [0.25, 0.3) is 0 Å². The highest BCUT2D eigenvalue weighted by Gasteiger charge is 2.44. The maximum atomic E-state index is 12.6. The van der Waals surface area contributed by atoms with Gasteiger partial charge in [0.1, 0.15) is 31.0 Å². The van der Waals surface area contributed by atoms with E-state index in [2.05, 4.69) is 43.4 Å². The summed E-state index contributed by atoms with van der Waals surface area (Å²) in [6.45, 7) is 3.08. The first-order valence-electron chi connectivity index (χ1n) is 17.1. The van der Waals surface area contributed by atoms with Crippen LogP contribution in [0.15, 0.2) is 36.5 Å². The smallest absolute Gasteiger partial charge is 0.306 e. The van der Waals surface area contributed by atoms with Gasteiger partial charge in [-0.25, -0.2) is 0 Å². The van der Waals surface area contributed by atoms with Crippen LogP contribution >= 0.6 is 0 Å². The molecule has 0 saturated carbocycles. The maximum absolute atomic E-state index is 12.6. The molecule has 1 aliphatic heterocycles. The third-order valence-electron chi connectivity index (χ3n) is 7.54. The molecule has 1 fully saturated rings. The van der Waals surface area contributed by atoms with Gasteiger partial charge in [0, 0.05) is 12.8 Å². The molecule has 1 rings (SSSR count). The monoisotopic (exact) mass is 640 g/mol. The van der Waals surface area contributed by atoms with Crippen LogP contribution in [0.3, 0.4) is 0 Å². The summed E-state index contributed by atoms with van der Waals surface area (Å²) in [5, 5.41) is 39.6. The van der Waals surface area contributed by atoms with Crippen molar-refractivity contribution in [2.75, 3.05) is 19.8 Å². The third kappa shape index (κ3) is 19.9. The molecule has 0 amide bonds. The van der Waals surface area contributed by atoms with Crippen LogP contribution in [0.1, 0.15) is 117 Å². The molecule has 10 heteroatoms. The second kappa shape index (κ2) is 27.1. The molecule has 0 aromatic heterocycles. The number of unbranched alkanes of at least 4 members (excludes halogenated alkanes) is 9. The molecular weight excluding hydrogens is 580 g/mol. The number of aliphatic hydroxyl groups is 4. The van der Waals surface area contributed by atoms with Gasteiger partial charge in [0.15, 0.2) is 12.4 Å². The SMILES string of the molecule is CC/C=C\C/C=C\C/C=C\CCCCCCCCCC(=O)OC(COC(=O)CCCCC)COC1OC(CO)C(O)C(O)C1O. The Hall–Kier alpha value is -2.08. The van der Waals surface area contributed by atoms with Crippen molar-refractivity contribution in [3.63, 3.8) is 0 Å². The van der Waals surface area contributed by atoms with Crippen molar-refractivity contribution in [2.45, 2.75) is 153 Å². The standard InChI is InChI=1S/C35H60O10/c1-3-5-7-8-9-10-11-12-13-14-15-16-17-18-19-20-22-24-31(38)44-28(26-42-30(37)23-21-6-4-2)27-43-35-34(41)33(40)32(39)29(25-36)45-35/h5,7,9-10,12-13,28-29,32-36,39-41H,3-4,6,8,11,14-27H2,1-2H3/b7-5-,10-9-,13-12-. The first-order chi connectivity index (χ1) is 21.8. The number of carbonyl (C=O) groups excluding carboxylic acids is 2. The first kappa shape index (κ1) is 40.9. The molecule has 0 spiro atoms. The molecule has 260 valence electrons. The lowest BCUT2D eigenvalue weighted by atomic mass is 9.99. The summed E-state index contributed by atoms with van der Waals surface area (Å²) < 4.78 is 21.7. The molecule has 4 N–H and O–H groups in total. The Balaban J connectivity index is 2.32. The largest absolute Gasteiger partial charge is 0.462 e. The van der Waals surface area contributed by atoms with Crippen molar-refractivity contribution in [3.8, 4) is 0 Å². The molecule has 0 aromatic rings. The quantitative estimate of drug-likeness (QED) is 0.0563. The van der Waals surface area contributed by atoms with E-state index in [1.54, 1.807) is 0 Å². The van der Waals surface area contributed by atoms with Crippen LogP contribution in [-0.2, 0) is 28.5 Å². The van der Waals surface area contributed by atoms with E-state index in [9.17, 15) is 30.0 Å². The van der Waals surface area contributed by atoms with Gasteiger partial charge in [-0.2, -0.15) is 0 Å². The van der Waals surface area contributed by atoms with Gasteiger partial charge in [-0.3, -0.25) is 9.59 Å². The van der Waals surface area contributed by atoms with E-state index in [1.807, 2.05) is 6.92 Å². The van der Waals surface area contributed by atoms with E-state index in [1.165, 1.54) is 19.3 Å². The van der Waals surface area contributed by atoms with Crippen molar-refractivity contribution in [3.05, 3.63) is 36.5 Å². The molecule has 1 aliphatic rings. The van der Waals surface area contributed by atoms with Gasteiger partial charge in [0.05, 0.1) is 13.2 Å². The summed E-state index contributed by atoms with van der Waals surface area (Å²) in [5.74, 6) is -0.852. The Kier molecular flexibility index (Phi) is 24.6. The Morgan fingerprint density at radius 3 is 1.98 bits per heavy atom. The number of hydrogen-bond donors (Lipinski definition) is 4. The predicted octanol–water partition coefficient (Wildman–Crippen LogP) is 5.21. The van der Waals surface area contributed by atoms with Crippen molar-refractivity contribution in [1.29, 1.82) is 0 Å². The fourth-order valence-corrected chi connectivity index (χ4v) is 4.79. The summed E-state index contributed by atoms with van der Waals surface area (Å²) in [7, 11) is 0. The number of hydrogen-bond acceptors (Lipinski definition) is 10.